The monoisotopic (exact) mass is 397 g/mol. The van der Waals surface area contributed by atoms with Crippen LogP contribution in [0.1, 0.15) is 30.5 Å². The maximum Gasteiger partial charge on any atom is 0.336 e. The molecule has 1 heterocycles. The molecule has 0 unspecified atom stereocenters. The molecule has 0 radical (unpaired) electrons. The van der Waals surface area contributed by atoms with E-state index < -0.39 is 5.63 Å². The highest BCUT2D eigenvalue weighted by molar-refractivity contribution is 5.84. The molecule has 0 amide bonds. The van der Waals surface area contributed by atoms with Crippen molar-refractivity contribution in [2.45, 2.75) is 33.7 Å². The molecule has 0 aliphatic heterocycles. The predicted octanol–water partition coefficient (Wildman–Crippen LogP) is 3.94. The summed E-state index contributed by atoms with van der Waals surface area (Å²) in [6.45, 7) is 8.08. The predicted molar refractivity (Wildman–Crippen MR) is 113 cm³/mol. The number of fused-ring (bicyclic) bond motifs is 1. The van der Waals surface area contributed by atoms with Gasteiger partial charge in [0.25, 0.3) is 0 Å². The Kier molecular flexibility index (Phi) is 6.77. The van der Waals surface area contributed by atoms with Crippen LogP contribution in [0.15, 0.2) is 45.6 Å². The molecule has 0 bridgehead atoms. The Bertz CT molecular complexity index is 1040. The number of phenols is 1. The Balaban J connectivity index is 1.67. The number of nitrogens with one attached hydrogen (secondary N) is 1. The van der Waals surface area contributed by atoms with E-state index in [4.69, 9.17) is 13.9 Å². The maximum atomic E-state index is 11.9. The molecule has 1 aromatic heterocycles. The van der Waals surface area contributed by atoms with Gasteiger partial charge < -0.3 is 24.3 Å². The molecule has 0 atom stereocenters. The van der Waals surface area contributed by atoms with E-state index in [-0.39, 0.29) is 5.75 Å². The van der Waals surface area contributed by atoms with Crippen molar-refractivity contribution < 1.29 is 19.0 Å². The first-order chi connectivity index (χ1) is 14.0. The van der Waals surface area contributed by atoms with Crippen LogP contribution in [0.3, 0.4) is 0 Å². The fourth-order valence-corrected chi connectivity index (χ4v) is 3.27. The van der Waals surface area contributed by atoms with Gasteiger partial charge in [0.1, 0.15) is 11.3 Å². The topological polar surface area (TPSA) is 80.9 Å². The molecule has 6 heteroatoms. The molecule has 0 saturated heterocycles. The molecule has 0 aliphatic rings. The minimum absolute atomic E-state index is 0.117. The van der Waals surface area contributed by atoms with E-state index in [9.17, 15) is 9.90 Å². The lowest BCUT2D eigenvalue weighted by atomic mass is 10.1. The molecule has 3 aromatic rings. The molecule has 2 aromatic carbocycles. The summed E-state index contributed by atoms with van der Waals surface area (Å²) in [5.74, 6) is 1.63. The Morgan fingerprint density at radius 1 is 1.03 bits per heavy atom. The van der Waals surface area contributed by atoms with Gasteiger partial charge in [0, 0.05) is 23.6 Å². The Morgan fingerprint density at radius 2 is 1.79 bits per heavy atom. The molecule has 0 fully saturated rings. The standard InChI is InChI=1S/C23H27NO5/c1-4-27-20-9-6-16(12-21(20)28-5-2)10-11-24-14-17-13-22(26)29-23-15(3)19(25)8-7-18(17)23/h6-9,12-13,24-25H,4-5,10-11,14H2,1-3H3. The van der Waals surface area contributed by atoms with Gasteiger partial charge in [0.2, 0.25) is 0 Å². The second kappa shape index (κ2) is 9.47. The lowest BCUT2D eigenvalue weighted by molar-refractivity contribution is 0.287. The quantitative estimate of drug-likeness (QED) is 0.421. The van der Waals surface area contributed by atoms with Gasteiger partial charge in [0.05, 0.1) is 13.2 Å². The molecule has 6 nitrogen and oxygen atoms in total. The van der Waals surface area contributed by atoms with Crippen LogP contribution in [-0.2, 0) is 13.0 Å². The van der Waals surface area contributed by atoms with Crippen molar-refractivity contribution in [2.24, 2.45) is 0 Å². The zero-order valence-corrected chi connectivity index (χ0v) is 17.1. The number of rotatable bonds is 9. The lowest BCUT2D eigenvalue weighted by Gasteiger charge is -2.13. The van der Waals surface area contributed by atoms with Crippen LogP contribution in [-0.4, -0.2) is 24.9 Å². The average molecular weight is 397 g/mol. The molecular formula is C23H27NO5. The zero-order valence-electron chi connectivity index (χ0n) is 17.1. The lowest BCUT2D eigenvalue weighted by Crippen LogP contribution is -2.18. The summed E-state index contributed by atoms with van der Waals surface area (Å²) in [6, 6.07) is 10.9. The van der Waals surface area contributed by atoms with Gasteiger partial charge in [-0.3, -0.25) is 0 Å². The second-order valence-electron chi connectivity index (χ2n) is 6.75. The summed E-state index contributed by atoms with van der Waals surface area (Å²) in [5, 5.41) is 14.1. The fraction of sp³-hybridized carbons (Fsp3) is 0.348. The summed E-state index contributed by atoms with van der Waals surface area (Å²) in [5.41, 5.74) is 2.57. The van der Waals surface area contributed by atoms with Gasteiger partial charge in [-0.1, -0.05) is 6.07 Å². The van der Waals surface area contributed by atoms with E-state index in [1.54, 1.807) is 19.1 Å². The van der Waals surface area contributed by atoms with Gasteiger partial charge in [-0.15, -0.1) is 0 Å². The molecule has 2 N–H and O–H groups in total. The highest BCUT2D eigenvalue weighted by atomic mass is 16.5. The van der Waals surface area contributed by atoms with Crippen LogP contribution in [0, 0.1) is 6.92 Å². The molecule has 3 rings (SSSR count). The SMILES string of the molecule is CCOc1ccc(CCNCc2cc(=O)oc3c(C)c(O)ccc23)cc1OCC. The number of ether oxygens (including phenoxy) is 2. The van der Waals surface area contributed by atoms with Crippen LogP contribution in [0.25, 0.3) is 11.0 Å². The third-order valence-corrected chi connectivity index (χ3v) is 4.73. The normalized spacial score (nSPS) is 11.0. The van der Waals surface area contributed by atoms with Gasteiger partial charge in [0.15, 0.2) is 11.5 Å². The van der Waals surface area contributed by atoms with Gasteiger partial charge in [-0.2, -0.15) is 0 Å². The van der Waals surface area contributed by atoms with Gasteiger partial charge in [-0.05, 0) is 69.1 Å². The number of aromatic hydroxyl groups is 1. The minimum atomic E-state index is -0.420. The molecule has 0 aliphatic carbocycles. The van der Waals surface area contributed by atoms with Crippen LogP contribution >= 0.6 is 0 Å². The summed E-state index contributed by atoms with van der Waals surface area (Å²) in [4.78, 5) is 11.9. The van der Waals surface area contributed by atoms with Crippen molar-refractivity contribution >= 4 is 11.0 Å². The maximum absolute atomic E-state index is 11.9. The first-order valence-electron chi connectivity index (χ1n) is 9.88. The summed E-state index contributed by atoms with van der Waals surface area (Å²) in [6.07, 6.45) is 0.811. The average Bonchev–Trinajstić information content (AvgIpc) is 2.70. The van der Waals surface area contributed by atoms with Crippen molar-refractivity contribution in [3.8, 4) is 17.2 Å². The Hall–Kier alpha value is -2.99. The highest BCUT2D eigenvalue weighted by Crippen LogP contribution is 2.29. The Morgan fingerprint density at radius 3 is 2.55 bits per heavy atom. The fourth-order valence-electron chi connectivity index (χ4n) is 3.27. The van der Waals surface area contributed by atoms with Crippen LogP contribution in [0.2, 0.25) is 0 Å². The molecule has 0 spiro atoms. The molecule has 0 saturated carbocycles. The van der Waals surface area contributed by atoms with Gasteiger partial charge >= 0.3 is 5.63 Å². The zero-order chi connectivity index (χ0) is 20.8. The minimum Gasteiger partial charge on any atom is -0.508 e. The highest BCUT2D eigenvalue weighted by Gasteiger charge is 2.11. The van der Waals surface area contributed by atoms with E-state index >= 15 is 0 Å². The number of hydrogen-bond donors (Lipinski definition) is 2. The van der Waals surface area contributed by atoms with Crippen molar-refractivity contribution in [1.82, 2.24) is 5.32 Å². The number of benzene rings is 2. The molecule has 29 heavy (non-hydrogen) atoms. The summed E-state index contributed by atoms with van der Waals surface area (Å²) < 4.78 is 16.6. The Labute approximate surface area is 170 Å². The van der Waals surface area contributed by atoms with E-state index in [0.29, 0.717) is 30.9 Å². The third-order valence-electron chi connectivity index (χ3n) is 4.73. The summed E-state index contributed by atoms with van der Waals surface area (Å²) in [7, 11) is 0. The smallest absolute Gasteiger partial charge is 0.336 e. The number of aryl methyl sites for hydroxylation is 1. The first-order valence-corrected chi connectivity index (χ1v) is 9.88. The van der Waals surface area contributed by atoms with Crippen molar-refractivity contribution in [3.05, 3.63) is 63.5 Å². The van der Waals surface area contributed by atoms with E-state index in [2.05, 4.69) is 5.32 Å². The second-order valence-corrected chi connectivity index (χ2v) is 6.75. The molecular weight excluding hydrogens is 370 g/mol. The van der Waals surface area contributed by atoms with Crippen molar-refractivity contribution in [3.63, 3.8) is 0 Å². The van der Waals surface area contributed by atoms with Crippen LogP contribution in [0.5, 0.6) is 17.2 Å². The van der Waals surface area contributed by atoms with Crippen molar-refractivity contribution in [1.29, 1.82) is 0 Å². The largest absolute Gasteiger partial charge is 0.508 e. The van der Waals surface area contributed by atoms with E-state index in [0.717, 1.165) is 41.0 Å². The van der Waals surface area contributed by atoms with E-state index in [1.165, 1.54) is 6.07 Å². The first kappa shape index (κ1) is 20.7. The van der Waals surface area contributed by atoms with Crippen LogP contribution in [0.4, 0.5) is 0 Å². The van der Waals surface area contributed by atoms with Crippen molar-refractivity contribution in [2.75, 3.05) is 19.8 Å². The number of hydrogen-bond acceptors (Lipinski definition) is 6. The van der Waals surface area contributed by atoms with Crippen LogP contribution < -0.4 is 20.4 Å². The summed E-state index contributed by atoms with van der Waals surface area (Å²) >= 11 is 0. The third kappa shape index (κ3) is 4.90. The van der Waals surface area contributed by atoms with E-state index in [1.807, 2.05) is 32.0 Å². The molecule has 154 valence electrons. The van der Waals surface area contributed by atoms with Gasteiger partial charge in [-0.25, -0.2) is 4.79 Å². The number of phenolic OH excluding ortho intramolecular Hbond substituents is 1.